The lowest BCUT2D eigenvalue weighted by atomic mass is 9.96. The van der Waals surface area contributed by atoms with Crippen molar-refractivity contribution in [2.45, 2.75) is 32.3 Å². The highest BCUT2D eigenvalue weighted by molar-refractivity contribution is 14.1. The molecule has 0 radical (unpaired) electrons. The Morgan fingerprint density at radius 1 is 1.32 bits per heavy atom. The van der Waals surface area contributed by atoms with Crippen molar-refractivity contribution in [3.8, 4) is 0 Å². The Morgan fingerprint density at radius 2 is 1.89 bits per heavy atom. The van der Waals surface area contributed by atoms with Gasteiger partial charge in [-0.3, -0.25) is 4.79 Å². The SMILES string of the molecule is CC(=O)OC(C)(CCc1ccccc1)C(I)=C(F)F. The van der Waals surface area contributed by atoms with Crippen LogP contribution >= 0.6 is 22.6 Å². The molecule has 0 saturated heterocycles. The van der Waals surface area contributed by atoms with Gasteiger partial charge in [0.25, 0.3) is 6.08 Å². The van der Waals surface area contributed by atoms with Crippen molar-refractivity contribution in [3.63, 3.8) is 0 Å². The number of carbonyl (C=O) groups is 1. The van der Waals surface area contributed by atoms with Crippen molar-refractivity contribution in [1.82, 2.24) is 0 Å². The number of halogens is 3. The van der Waals surface area contributed by atoms with Crippen molar-refractivity contribution in [1.29, 1.82) is 0 Å². The molecule has 0 aromatic heterocycles. The zero-order valence-corrected chi connectivity index (χ0v) is 12.9. The molecule has 0 aliphatic carbocycles. The van der Waals surface area contributed by atoms with E-state index in [1.54, 1.807) is 0 Å². The lowest BCUT2D eigenvalue weighted by Gasteiger charge is -2.28. The minimum absolute atomic E-state index is 0.226. The van der Waals surface area contributed by atoms with Crippen LogP contribution in [0.1, 0.15) is 25.8 Å². The smallest absolute Gasteiger partial charge is 0.303 e. The second kappa shape index (κ2) is 6.98. The molecular formula is C14H15F2IO2. The molecule has 1 aromatic rings. The fourth-order valence-corrected chi connectivity index (χ4v) is 2.13. The highest BCUT2D eigenvalue weighted by atomic mass is 127. The van der Waals surface area contributed by atoms with Crippen LogP contribution in [0.5, 0.6) is 0 Å². The molecule has 0 fully saturated rings. The number of esters is 1. The Balaban J connectivity index is 2.87. The van der Waals surface area contributed by atoms with E-state index in [2.05, 4.69) is 0 Å². The van der Waals surface area contributed by atoms with Crippen molar-refractivity contribution in [3.05, 3.63) is 45.6 Å². The molecule has 1 atom stereocenters. The minimum atomic E-state index is -1.81. The minimum Gasteiger partial charge on any atom is -0.454 e. The molecule has 0 bridgehead atoms. The summed E-state index contributed by atoms with van der Waals surface area (Å²) in [5, 5.41) is 0. The third kappa shape index (κ3) is 4.89. The molecule has 1 unspecified atom stereocenters. The first-order valence-corrected chi connectivity index (χ1v) is 6.88. The lowest BCUT2D eigenvalue weighted by molar-refractivity contribution is -0.151. The fourth-order valence-electron chi connectivity index (χ4n) is 1.75. The summed E-state index contributed by atoms with van der Waals surface area (Å²) in [5.74, 6) is -0.564. The van der Waals surface area contributed by atoms with Crippen LogP contribution in [0.25, 0.3) is 0 Å². The molecule has 0 N–H and O–H groups in total. The second-order valence-electron chi connectivity index (χ2n) is 4.38. The van der Waals surface area contributed by atoms with Gasteiger partial charge >= 0.3 is 5.97 Å². The maximum absolute atomic E-state index is 12.8. The molecule has 0 saturated carbocycles. The van der Waals surface area contributed by atoms with Crippen LogP contribution in [-0.4, -0.2) is 11.6 Å². The zero-order valence-electron chi connectivity index (χ0n) is 10.8. The van der Waals surface area contributed by atoms with Gasteiger partial charge in [0.05, 0.1) is 3.58 Å². The number of benzene rings is 1. The van der Waals surface area contributed by atoms with Crippen LogP contribution in [0.3, 0.4) is 0 Å². The number of rotatable bonds is 5. The Kier molecular flexibility index (Phi) is 5.90. The number of ether oxygens (including phenoxy) is 1. The van der Waals surface area contributed by atoms with E-state index in [0.717, 1.165) is 5.56 Å². The first kappa shape index (κ1) is 16.1. The van der Waals surface area contributed by atoms with Crippen LogP contribution in [0.4, 0.5) is 8.78 Å². The van der Waals surface area contributed by atoms with Gasteiger partial charge in [0.1, 0.15) is 5.60 Å². The van der Waals surface area contributed by atoms with E-state index < -0.39 is 17.7 Å². The summed E-state index contributed by atoms with van der Waals surface area (Å²) in [7, 11) is 0. The van der Waals surface area contributed by atoms with Crippen LogP contribution in [0.15, 0.2) is 40.0 Å². The summed E-state index contributed by atoms with van der Waals surface area (Å²) in [6, 6.07) is 9.48. The second-order valence-corrected chi connectivity index (χ2v) is 5.46. The number of hydrogen-bond donors (Lipinski definition) is 0. The average Bonchev–Trinajstić information content (AvgIpc) is 2.36. The van der Waals surface area contributed by atoms with Crippen LogP contribution < -0.4 is 0 Å². The van der Waals surface area contributed by atoms with Gasteiger partial charge in [0.15, 0.2) is 0 Å². The van der Waals surface area contributed by atoms with E-state index in [-0.39, 0.29) is 3.58 Å². The Morgan fingerprint density at radius 3 is 2.37 bits per heavy atom. The van der Waals surface area contributed by atoms with Crippen LogP contribution in [0.2, 0.25) is 0 Å². The topological polar surface area (TPSA) is 26.3 Å². The molecule has 0 aliphatic rings. The van der Waals surface area contributed by atoms with Crippen LogP contribution in [-0.2, 0) is 16.0 Å². The van der Waals surface area contributed by atoms with Crippen LogP contribution in [0, 0.1) is 0 Å². The molecule has 104 valence electrons. The van der Waals surface area contributed by atoms with Gasteiger partial charge < -0.3 is 4.74 Å². The predicted molar refractivity (Wildman–Crippen MR) is 78.2 cm³/mol. The number of carbonyl (C=O) groups excluding carboxylic acids is 1. The molecule has 1 rings (SSSR count). The molecular weight excluding hydrogens is 365 g/mol. The summed E-state index contributed by atoms with van der Waals surface area (Å²) in [5.41, 5.74) is -0.259. The Hall–Kier alpha value is -0.980. The molecule has 2 nitrogen and oxygen atoms in total. The van der Waals surface area contributed by atoms with Crippen molar-refractivity contribution < 1.29 is 18.3 Å². The van der Waals surface area contributed by atoms with E-state index in [0.29, 0.717) is 12.8 Å². The van der Waals surface area contributed by atoms with Gasteiger partial charge in [0.2, 0.25) is 0 Å². The maximum atomic E-state index is 12.8. The quantitative estimate of drug-likeness (QED) is 0.556. The molecule has 5 heteroatoms. The average molecular weight is 380 g/mol. The fraction of sp³-hybridized carbons (Fsp3) is 0.357. The van der Waals surface area contributed by atoms with Gasteiger partial charge in [0, 0.05) is 6.92 Å². The first-order valence-electron chi connectivity index (χ1n) is 5.80. The highest BCUT2D eigenvalue weighted by Crippen LogP contribution is 2.35. The molecule has 19 heavy (non-hydrogen) atoms. The van der Waals surface area contributed by atoms with Crippen molar-refractivity contribution in [2.24, 2.45) is 0 Å². The monoisotopic (exact) mass is 380 g/mol. The van der Waals surface area contributed by atoms with Gasteiger partial charge in [-0.05, 0) is 47.9 Å². The summed E-state index contributed by atoms with van der Waals surface area (Å²) < 4.78 is 30.4. The van der Waals surface area contributed by atoms with E-state index in [1.165, 1.54) is 36.4 Å². The Labute approximate surface area is 125 Å². The molecule has 1 aromatic carbocycles. The van der Waals surface area contributed by atoms with Crippen molar-refractivity contribution in [2.75, 3.05) is 0 Å². The summed E-state index contributed by atoms with van der Waals surface area (Å²) in [6.45, 7) is 2.74. The van der Waals surface area contributed by atoms with E-state index in [4.69, 9.17) is 4.74 Å². The third-order valence-electron chi connectivity index (χ3n) is 2.73. The molecule has 0 spiro atoms. The van der Waals surface area contributed by atoms with Gasteiger partial charge in [-0.25, -0.2) is 0 Å². The maximum Gasteiger partial charge on any atom is 0.303 e. The largest absolute Gasteiger partial charge is 0.454 e. The lowest BCUT2D eigenvalue weighted by Crippen LogP contribution is -2.32. The number of hydrogen-bond acceptors (Lipinski definition) is 2. The Bertz CT molecular complexity index is 470. The highest BCUT2D eigenvalue weighted by Gasteiger charge is 2.34. The summed E-state index contributed by atoms with van der Waals surface area (Å²) in [6.07, 6.45) is -0.936. The van der Waals surface area contributed by atoms with E-state index >= 15 is 0 Å². The standard InChI is InChI=1S/C14H15F2IO2/c1-10(18)19-14(2,12(17)13(15)16)9-8-11-6-4-3-5-7-11/h3-7H,8-9H2,1-2H3. The van der Waals surface area contributed by atoms with Gasteiger partial charge in [-0.1, -0.05) is 30.3 Å². The normalized spacial score (nSPS) is 13.5. The summed E-state index contributed by atoms with van der Waals surface area (Å²) in [4.78, 5) is 11.1. The molecule has 0 amide bonds. The molecule has 0 heterocycles. The van der Waals surface area contributed by atoms with E-state index in [1.807, 2.05) is 30.3 Å². The first-order chi connectivity index (χ1) is 8.85. The van der Waals surface area contributed by atoms with Gasteiger partial charge in [-0.2, -0.15) is 8.78 Å². The number of aryl methyl sites for hydroxylation is 1. The van der Waals surface area contributed by atoms with Crippen molar-refractivity contribution >= 4 is 28.6 Å². The summed E-state index contributed by atoms with van der Waals surface area (Å²) >= 11 is 1.54. The third-order valence-corrected chi connectivity index (χ3v) is 4.28. The predicted octanol–water partition coefficient (Wildman–Crippen LogP) is 4.48. The zero-order chi connectivity index (χ0) is 14.5. The molecule has 0 aliphatic heterocycles. The van der Waals surface area contributed by atoms with Gasteiger partial charge in [-0.15, -0.1) is 0 Å². The van der Waals surface area contributed by atoms with E-state index in [9.17, 15) is 13.6 Å².